The number of hydrogen-bond acceptors (Lipinski definition) is 2. The van der Waals surface area contributed by atoms with Crippen molar-refractivity contribution in [2.75, 3.05) is 7.11 Å². The quantitative estimate of drug-likeness (QED) is 0.866. The van der Waals surface area contributed by atoms with Crippen LogP contribution in [0.3, 0.4) is 0 Å². The van der Waals surface area contributed by atoms with Crippen LogP contribution in [0.5, 0.6) is 5.75 Å². The molecule has 2 aromatic carbocycles. The van der Waals surface area contributed by atoms with Crippen molar-refractivity contribution >= 4 is 10.8 Å². The smallest absolute Gasteiger partial charge is 0.131 e. The molecule has 0 aromatic heterocycles. The molecule has 88 valence electrons. The van der Waals surface area contributed by atoms with E-state index >= 15 is 0 Å². The van der Waals surface area contributed by atoms with Crippen LogP contribution in [0.2, 0.25) is 0 Å². The maximum atomic E-state index is 5.57. The fraction of sp³-hybridized carbons (Fsp3) is 0.333. The molecule has 0 unspecified atom stereocenters. The van der Waals surface area contributed by atoms with Gasteiger partial charge in [-0.3, -0.25) is 0 Å². The first kappa shape index (κ1) is 10.6. The number of fused-ring (bicyclic) bond motifs is 1. The first-order chi connectivity index (χ1) is 8.38. The SMILES string of the molecule is COc1c(CNC2CC2)ccc2ccccc12. The Hall–Kier alpha value is -1.54. The van der Waals surface area contributed by atoms with Crippen molar-refractivity contribution in [2.24, 2.45) is 0 Å². The Labute approximate surface area is 102 Å². The molecule has 0 aliphatic heterocycles. The second-order valence-corrected chi connectivity index (χ2v) is 4.63. The van der Waals surface area contributed by atoms with Gasteiger partial charge in [0.1, 0.15) is 5.75 Å². The molecule has 1 aliphatic carbocycles. The van der Waals surface area contributed by atoms with Gasteiger partial charge in [0.05, 0.1) is 7.11 Å². The van der Waals surface area contributed by atoms with Crippen LogP contribution in [0, 0.1) is 0 Å². The maximum Gasteiger partial charge on any atom is 0.131 e. The number of rotatable bonds is 4. The summed E-state index contributed by atoms with van der Waals surface area (Å²) < 4.78 is 5.57. The van der Waals surface area contributed by atoms with Gasteiger partial charge in [-0.2, -0.15) is 0 Å². The minimum atomic E-state index is 0.728. The molecule has 1 aliphatic rings. The zero-order chi connectivity index (χ0) is 11.7. The normalized spacial score (nSPS) is 15.1. The van der Waals surface area contributed by atoms with Gasteiger partial charge in [0.15, 0.2) is 0 Å². The summed E-state index contributed by atoms with van der Waals surface area (Å²) in [5.74, 6) is 1.01. The Morgan fingerprint density at radius 1 is 1.18 bits per heavy atom. The molecule has 1 N–H and O–H groups in total. The van der Waals surface area contributed by atoms with Crippen molar-refractivity contribution in [1.29, 1.82) is 0 Å². The highest BCUT2D eigenvalue weighted by atomic mass is 16.5. The van der Waals surface area contributed by atoms with Crippen LogP contribution in [-0.4, -0.2) is 13.2 Å². The summed E-state index contributed by atoms with van der Waals surface area (Å²) >= 11 is 0. The minimum absolute atomic E-state index is 0.728. The molecule has 1 saturated carbocycles. The molecule has 2 aromatic rings. The minimum Gasteiger partial charge on any atom is -0.496 e. The van der Waals surface area contributed by atoms with Crippen molar-refractivity contribution in [2.45, 2.75) is 25.4 Å². The molecule has 17 heavy (non-hydrogen) atoms. The maximum absolute atomic E-state index is 5.57. The summed E-state index contributed by atoms with van der Waals surface area (Å²) in [6.45, 7) is 0.901. The Morgan fingerprint density at radius 3 is 2.76 bits per heavy atom. The molecule has 0 heterocycles. The number of hydrogen-bond donors (Lipinski definition) is 1. The van der Waals surface area contributed by atoms with E-state index in [0.717, 1.165) is 18.3 Å². The molecular weight excluding hydrogens is 210 g/mol. The number of ether oxygens (including phenoxy) is 1. The molecule has 2 nitrogen and oxygen atoms in total. The molecular formula is C15H17NO. The van der Waals surface area contributed by atoms with Crippen molar-refractivity contribution in [1.82, 2.24) is 5.32 Å². The van der Waals surface area contributed by atoms with Gasteiger partial charge in [0.2, 0.25) is 0 Å². The van der Waals surface area contributed by atoms with Crippen molar-refractivity contribution < 1.29 is 4.74 Å². The van der Waals surface area contributed by atoms with Crippen molar-refractivity contribution in [3.05, 3.63) is 42.0 Å². The lowest BCUT2D eigenvalue weighted by Crippen LogP contribution is -2.15. The van der Waals surface area contributed by atoms with Crippen molar-refractivity contribution in [3.8, 4) is 5.75 Å². The summed E-state index contributed by atoms with van der Waals surface area (Å²) in [5.41, 5.74) is 1.25. The fourth-order valence-corrected chi connectivity index (χ4v) is 2.21. The third-order valence-electron chi connectivity index (χ3n) is 3.32. The molecule has 0 radical (unpaired) electrons. The van der Waals surface area contributed by atoms with E-state index in [9.17, 15) is 0 Å². The predicted octanol–water partition coefficient (Wildman–Crippen LogP) is 3.10. The zero-order valence-corrected chi connectivity index (χ0v) is 10.1. The van der Waals surface area contributed by atoms with Crippen LogP contribution in [0.1, 0.15) is 18.4 Å². The van der Waals surface area contributed by atoms with E-state index < -0.39 is 0 Å². The van der Waals surface area contributed by atoms with Crippen LogP contribution in [0.4, 0.5) is 0 Å². The van der Waals surface area contributed by atoms with Gasteiger partial charge in [0.25, 0.3) is 0 Å². The highest BCUT2D eigenvalue weighted by Crippen LogP contribution is 2.30. The Balaban J connectivity index is 1.98. The molecule has 3 rings (SSSR count). The van der Waals surface area contributed by atoms with Gasteiger partial charge < -0.3 is 10.1 Å². The van der Waals surface area contributed by atoms with Gasteiger partial charge in [-0.15, -0.1) is 0 Å². The first-order valence-electron chi connectivity index (χ1n) is 6.16. The average molecular weight is 227 g/mol. The van der Waals surface area contributed by atoms with E-state index in [4.69, 9.17) is 4.74 Å². The summed E-state index contributed by atoms with van der Waals surface area (Å²) in [7, 11) is 1.75. The number of nitrogens with one attached hydrogen (secondary N) is 1. The lowest BCUT2D eigenvalue weighted by molar-refractivity contribution is 0.413. The molecule has 0 spiro atoms. The summed E-state index contributed by atoms with van der Waals surface area (Å²) in [5, 5.41) is 5.97. The van der Waals surface area contributed by atoms with Crippen LogP contribution >= 0.6 is 0 Å². The number of methoxy groups -OCH3 is 1. The molecule has 2 heteroatoms. The van der Waals surface area contributed by atoms with Gasteiger partial charge in [-0.1, -0.05) is 36.4 Å². The Morgan fingerprint density at radius 2 is 2.00 bits per heavy atom. The molecule has 0 amide bonds. The molecule has 0 atom stereocenters. The standard InChI is InChI=1S/C15H17NO/c1-17-15-12(10-16-13-8-9-13)7-6-11-4-2-3-5-14(11)15/h2-7,13,16H,8-10H2,1H3. The van der Waals surface area contributed by atoms with Crippen LogP contribution < -0.4 is 10.1 Å². The monoisotopic (exact) mass is 227 g/mol. The topological polar surface area (TPSA) is 21.3 Å². The van der Waals surface area contributed by atoms with E-state index in [0.29, 0.717) is 0 Å². The van der Waals surface area contributed by atoms with E-state index in [1.54, 1.807) is 7.11 Å². The summed E-state index contributed by atoms with van der Waals surface area (Å²) in [6, 6.07) is 13.4. The lowest BCUT2D eigenvalue weighted by Gasteiger charge is -2.12. The van der Waals surface area contributed by atoms with Gasteiger partial charge >= 0.3 is 0 Å². The summed E-state index contributed by atoms with van der Waals surface area (Å²) in [4.78, 5) is 0. The second-order valence-electron chi connectivity index (χ2n) is 4.63. The van der Waals surface area contributed by atoms with Gasteiger partial charge in [0, 0.05) is 23.5 Å². The molecule has 1 fully saturated rings. The summed E-state index contributed by atoms with van der Waals surface area (Å²) in [6.07, 6.45) is 2.63. The molecule has 0 bridgehead atoms. The van der Waals surface area contributed by atoms with E-state index in [1.165, 1.54) is 29.2 Å². The van der Waals surface area contributed by atoms with E-state index in [2.05, 4.69) is 41.7 Å². The number of benzene rings is 2. The highest BCUT2D eigenvalue weighted by molar-refractivity contribution is 5.89. The van der Waals surface area contributed by atoms with Gasteiger partial charge in [-0.25, -0.2) is 0 Å². The van der Waals surface area contributed by atoms with Gasteiger partial charge in [-0.05, 0) is 18.2 Å². The second kappa shape index (κ2) is 4.38. The van der Waals surface area contributed by atoms with Crippen LogP contribution in [0.15, 0.2) is 36.4 Å². The zero-order valence-electron chi connectivity index (χ0n) is 10.1. The van der Waals surface area contributed by atoms with E-state index in [1.807, 2.05) is 0 Å². The van der Waals surface area contributed by atoms with Crippen LogP contribution in [-0.2, 0) is 6.54 Å². The van der Waals surface area contributed by atoms with E-state index in [-0.39, 0.29) is 0 Å². The average Bonchev–Trinajstić information content (AvgIpc) is 3.19. The van der Waals surface area contributed by atoms with Crippen LogP contribution in [0.25, 0.3) is 10.8 Å². The Kier molecular flexibility index (Phi) is 2.73. The lowest BCUT2D eigenvalue weighted by atomic mass is 10.1. The highest BCUT2D eigenvalue weighted by Gasteiger charge is 2.20. The largest absolute Gasteiger partial charge is 0.496 e. The first-order valence-corrected chi connectivity index (χ1v) is 6.16. The van der Waals surface area contributed by atoms with Crippen molar-refractivity contribution in [3.63, 3.8) is 0 Å². The predicted molar refractivity (Wildman–Crippen MR) is 70.4 cm³/mol. The Bertz CT molecular complexity index is 531. The fourth-order valence-electron chi connectivity index (χ4n) is 2.21. The third-order valence-corrected chi connectivity index (χ3v) is 3.32. The third kappa shape index (κ3) is 2.13. The molecule has 0 saturated heterocycles.